The molecule has 0 amide bonds. The average molecular weight is 246 g/mol. The van der Waals surface area contributed by atoms with Gasteiger partial charge in [-0.25, -0.2) is 4.39 Å². The number of nitrogens with zero attached hydrogens (tertiary/aromatic N) is 2. The Morgan fingerprint density at radius 2 is 2.11 bits per heavy atom. The van der Waals surface area contributed by atoms with E-state index in [9.17, 15) is 9.18 Å². The maximum absolute atomic E-state index is 13.1. The number of aryl methyl sites for hydroxylation is 1. The van der Waals surface area contributed by atoms with Gasteiger partial charge in [0.2, 0.25) is 0 Å². The third kappa shape index (κ3) is 2.32. The van der Waals surface area contributed by atoms with Crippen LogP contribution >= 0.6 is 0 Å². The molecule has 0 aliphatic rings. The van der Waals surface area contributed by atoms with Gasteiger partial charge in [-0.3, -0.25) is 9.48 Å². The Labute approximate surface area is 105 Å². The fourth-order valence-corrected chi connectivity index (χ4v) is 2.17. The van der Waals surface area contributed by atoms with Crippen LogP contribution in [-0.4, -0.2) is 15.6 Å². The van der Waals surface area contributed by atoms with E-state index in [4.69, 9.17) is 0 Å². The summed E-state index contributed by atoms with van der Waals surface area (Å²) >= 11 is 0. The summed E-state index contributed by atoms with van der Waals surface area (Å²) in [6.45, 7) is 5.67. The summed E-state index contributed by atoms with van der Waals surface area (Å²) in [5.74, 6) is -0.253. The minimum atomic E-state index is -0.263. The van der Waals surface area contributed by atoms with Crippen LogP contribution in [0.4, 0.5) is 4.39 Å². The van der Waals surface area contributed by atoms with Crippen molar-refractivity contribution in [3.8, 4) is 0 Å². The van der Waals surface area contributed by atoms with Crippen LogP contribution < -0.4 is 0 Å². The molecule has 3 nitrogen and oxygen atoms in total. The predicted octanol–water partition coefficient (Wildman–Crippen LogP) is 2.89. The molecule has 0 saturated heterocycles. The van der Waals surface area contributed by atoms with Gasteiger partial charge in [0.05, 0.1) is 17.8 Å². The molecule has 1 aromatic carbocycles. The Bertz CT molecular complexity index is 602. The number of carbonyl (C=O) groups excluding carboxylic acids is 1. The smallest absolute Gasteiger partial charge is 0.163 e. The van der Waals surface area contributed by atoms with Crippen molar-refractivity contribution in [3.63, 3.8) is 0 Å². The number of hydrogen-bond donors (Lipinski definition) is 0. The predicted molar refractivity (Wildman–Crippen MR) is 67.2 cm³/mol. The van der Waals surface area contributed by atoms with E-state index in [-0.39, 0.29) is 11.6 Å². The van der Waals surface area contributed by atoms with E-state index in [0.717, 1.165) is 17.0 Å². The maximum atomic E-state index is 13.1. The normalized spacial score (nSPS) is 10.7. The minimum Gasteiger partial charge on any atom is -0.294 e. The number of ketones is 1. The van der Waals surface area contributed by atoms with Crippen LogP contribution in [0.15, 0.2) is 24.3 Å². The molecule has 0 aliphatic carbocycles. The van der Waals surface area contributed by atoms with Crippen molar-refractivity contribution < 1.29 is 9.18 Å². The van der Waals surface area contributed by atoms with Gasteiger partial charge in [0, 0.05) is 5.69 Å². The van der Waals surface area contributed by atoms with Crippen molar-refractivity contribution in [2.45, 2.75) is 27.3 Å². The van der Waals surface area contributed by atoms with Gasteiger partial charge in [0.1, 0.15) is 5.82 Å². The molecule has 0 spiro atoms. The van der Waals surface area contributed by atoms with Gasteiger partial charge in [0.15, 0.2) is 5.78 Å². The molecule has 1 heterocycles. The zero-order valence-corrected chi connectivity index (χ0v) is 10.7. The van der Waals surface area contributed by atoms with Gasteiger partial charge in [-0.2, -0.15) is 5.10 Å². The Morgan fingerprint density at radius 1 is 1.39 bits per heavy atom. The first kappa shape index (κ1) is 12.5. The van der Waals surface area contributed by atoms with Crippen molar-refractivity contribution >= 4 is 5.78 Å². The molecule has 0 fully saturated rings. The number of benzene rings is 1. The van der Waals surface area contributed by atoms with Gasteiger partial charge in [0.25, 0.3) is 0 Å². The van der Waals surface area contributed by atoms with Crippen LogP contribution in [0.25, 0.3) is 0 Å². The highest BCUT2D eigenvalue weighted by molar-refractivity contribution is 5.96. The van der Waals surface area contributed by atoms with Crippen LogP contribution in [0.1, 0.15) is 34.2 Å². The second kappa shape index (κ2) is 4.72. The Hall–Kier alpha value is -1.97. The molecule has 0 radical (unpaired) electrons. The number of hydrogen-bond acceptors (Lipinski definition) is 2. The number of rotatable bonds is 3. The minimum absolute atomic E-state index is 0.00972. The monoisotopic (exact) mass is 246 g/mol. The van der Waals surface area contributed by atoms with Crippen LogP contribution in [0.5, 0.6) is 0 Å². The molecule has 0 unspecified atom stereocenters. The van der Waals surface area contributed by atoms with E-state index < -0.39 is 0 Å². The molecular formula is C14H15FN2O. The fourth-order valence-electron chi connectivity index (χ4n) is 2.17. The fraction of sp³-hybridized carbons (Fsp3) is 0.286. The third-order valence-electron chi connectivity index (χ3n) is 2.95. The molecule has 2 rings (SSSR count). The molecule has 1 aromatic heterocycles. The van der Waals surface area contributed by atoms with Crippen molar-refractivity contribution in [3.05, 3.63) is 52.6 Å². The van der Waals surface area contributed by atoms with Gasteiger partial charge in [-0.1, -0.05) is 12.1 Å². The highest BCUT2D eigenvalue weighted by Gasteiger charge is 2.15. The molecule has 18 heavy (non-hydrogen) atoms. The van der Waals surface area contributed by atoms with Crippen molar-refractivity contribution in [1.82, 2.24) is 9.78 Å². The third-order valence-corrected chi connectivity index (χ3v) is 2.95. The number of aromatic nitrogens is 2. The van der Waals surface area contributed by atoms with E-state index in [1.54, 1.807) is 10.7 Å². The zero-order chi connectivity index (χ0) is 13.3. The summed E-state index contributed by atoms with van der Waals surface area (Å²) in [6.07, 6.45) is 0. The Morgan fingerprint density at radius 3 is 2.67 bits per heavy atom. The second-order valence-electron chi connectivity index (χ2n) is 4.39. The summed E-state index contributed by atoms with van der Waals surface area (Å²) in [5.41, 5.74) is 3.03. The van der Waals surface area contributed by atoms with Gasteiger partial charge < -0.3 is 0 Å². The zero-order valence-electron chi connectivity index (χ0n) is 10.7. The van der Waals surface area contributed by atoms with Gasteiger partial charge in [-0.15, -0.1) is 0 Å². The van der Waals surface area contributed by atoms with Crippen LogP contribution in [0, 0.1) is 19.7 Å². The first-order valence-electron chi connectivity index (χ1n) is 5.78. The van der Waals surface area contributed by atoms with Crippen LogP contribution in [0.2, 0.25) is 0 Å². The standard InChI is InChI=1S/C14H15FN2O/c1-9-14(11(3)18)10(2)17(16-9)8-12-5-4-6-13(15)7-12/h4-7H,8H2,1-3H3. The topological polar surface area (TPSA) is 34.9 Å². The quantitative estimate of drug-likeness (QED) is 0.780. The Balaban J connectivity index is 2.36. The van der Waals surface area contributed by atoms with Crippen molar-refractivity contribution in [2.24, 2.45) is 0 Å². The largest absolute Gasteiger partial charge is 0.294 e. The summed E-state index contributed by atoms with van der Waals surface area (Å²) in [5, 5.41) is 4.33. The second-order valence-corrected chi connectivity index (χ2v) is 4.39. The van der Waals surface area contributed by atoms with E-state index in [1.807, 2.05) is 19.9 Å². The summed E-state index contributed by atoms with van der Waals surface area (Å²) in [7, 11) is 0. The molecule has 0 N–H and O–H groups in total. The van der Waals surface area contributed by atoms with E-state index in [1.165, 1.54) is 19.1 Å². The summed E-state index contributed by atoms with van der Waals surface area (Å²) in [6, 6.07) is 6.39. The molecule has 0 bridgehead atoms. The van der Waals surface area contributed by atoms with E-state index in [2.05, 4.69) is 5.10 Å². The summed E-state index contributed by atoms with van der Waals surface area (Å²) in [4.78, 5) is 11.5. The molecule has 0 aliphatic heterocycles. The summed E-state index contributed by atoms with van der Waals surface area (Å²) < 4.78 is 14.8. The SMILES string of the molecule is CC(=O)c1c(C)nn(Cc2cccc(F)c2)c1C. The highest BCUT2D eigenvalue weighted by atomic mass is 19.1. The first-order chi connectivity index (χ1) is 8.49. The molecule has 0 atom stereocenters. The van der Waals surface area contributed by atoms with Gasteiger partial charge >= 0.3 is 0 Å². The van der Waals surface area contributed by atoms with Crippen LogP contribution in [-0.2, 0) is 6.54 Å². The lowest BCUT2D eigenvalue weighted by molar-refractivity contribution is 0.101. The van der Waals surface area contributed by atoms with E-state index >= 15 is 0 Å². The maximum Gasteiger partial charge on any atom is 0.163 e. The highest BCUT2D eigenvalue weighted by Crippen LogP contribution is 2.15. The number of halogens is 1. The first-order valence-corrected chi connectivity index (χ1v) is 5.78. The lowest BCUT2D eigenvalue weighted by atomic mass is 10.1. The average Bonchev–Trinajstić information content (AvgIpc) is 2.54. The molecule has 4 heteroatoms. The van der Waals surface area contributed by atoms with E-state index in [0.29, 0.717) is 12.1 Å². The number of Topliss-reactive ketones (excluding diaryl/α,β-unsaturated/α-hetero) is 1. The lowest BCUT2D eigenvalue weighted by Gasteiger charge is -2.05. The molecular weight excluding hydrogens is 231 g/mol. The molecule has 0 saturated carbocycles. The number of carbonyl (C=O) groups is 1. The van der Waals surface area contributed by atoms with Crippen molar-refractivity contribution in [1.29, 1.82) is 0 Å². The van der Waals surface area contributed by atoms with Crippen molar-refractivity contribution in [2.75, 3.05) is 0 Å². The molecule has 94 valence electrons. The molecule has 2 aromatic rings. The lowest BCUT2D eigenvalue weighted by Crippen LogP contribution is -2.05. The Kier molecular flexibility index (Phi) is 3.28. The van der Waals surface area contributed by atoms with Gasteiger partial charge in [-0.05, 0) is 38.5 Å². The van der Waals surface area contributed by atoms with Crippen LogP contribution in [0.3, 0.4) is 0 Å².